The molecule has 0 saturated carbocycles. The molecule has 5 heteroatoms. The molecule has 0 aliphatic carbocycles. The quantitative estimate of drug-likeness (QED) is 0.794. The molecule has 0 aromatic carbocycles. The molecule has 2 aromatic heterocycles. The van der Waals surface area contributed by atoms with Crippen LogP contribution in [0.4, 0.5) is 0 Å². The highest BCUT2D eigenvalue weighted by molar-refractivity contribution is 6.62. The minimum absolute atomic E-state index is 0.338. The van der Waals surface area contributed by atoms with Crippen LogP contribution in [0.15, 0.2) is 42.9 Å². The summed E-state index contributed by atoms with van der Waals surface area (Å²) in [7, 11) is -0.367. The van der Waals surface area contributed by atoms with E-state index >= 15 is 0 Å². The summed E-state index contributed by atoms with van der Waals surface area (Å²) in [4.78, 5) is 8.53. The van der Waals surface area contributed by atoms with Gasteiger partial charge in [-0.05, 0) is 57.4 Å². The van der Waals surface area contributed by atoms with Crippen molar-refractivity contribution in [3.05, 3.63) is 42.9 Å². The van der Waals surface area contributed by atoms with Crippen molar-refractivity contribution in [1.29, 1.82) is 0 Å². The van der Waals surface area contributed by atoms with Gasteiger partial charge in [0.05, 0.1) is 16.9 Å². The first-order valence-electron chi connectivity index (χ1n) is 7.11. The van der Waals surface area contributed by atoms with Crippen LogP contribution in [-0.4, -0.2) is 28.3 Å². The number of nitrogens with zero attached hydrogens (tertiary/aromatic N) is 2. The number of aromatic nitrogens is 2. The minimum Gasteiger partial charge on any atom is -0.399 e. The summed E-state index contributed by atoms with van der Waals surface area (Å²) in [5.74, 6) is 0. The van der Waals surface area contributed by atoms with Gasteiger partial charge in [-0.3, -0.25) is 9.97 Å². The molecule has 0 N–H and O–H groups in total. The molecule has 1 aliphatic rings. The molecular weight excluding hydrogens is 263 g/mol. The Balaban J connectivity index is 1.92. The van der Waals surface area contributed by atoms with Gasteiger partial charge >= 0.3 is 7.12 Å². The van der Waals surface area contributed by atoms with E-state index in [0.29, 0.717) is 0 Å². The first kappa shape index (κ1) is 14.2. The van der Waals surface area contributed by atoms with Gasteiger partial charge < -0.3 is 9.31 Å². The molecule has 1 fully saturated rings. The second kappa shape index (κ2) is 4.93. The minimum atomic E-state index is -0.367. The van der Waals surface area contributed by atoms with Gasteiger partial charge in [0.15, 0.2) is 0 Å². The van der Waals surface area contributed by atoms with Gasteiger partial charge in [0.25, 0.3) is 0 Å². The molecule has 2 aromatic rings. The monoisotopic (exact) mass is 282 g/mol. The van der Waals surface area contributed by atoms with E-state index in [-0.39, 0.29) is 18.3 Å². The topological polar surface area (TPSA) is 44.2 Å². The van der Waals surface area contributed by atoms with Gasteiger partial charge in [-0.2, -0.15) is 0 Å². The zero-order chi connectivity index (χ0) is 15.1. The van der Waals surface area contributed by atoms with Crippen LogP contribution < -0.4 is 5.46 Å². The van der Waals surface area contributed by atoms with Crippen LogP contribution in [0.2, 0.25) is 0 Å². The van der Waals surface area contributed by atoms with Gasteiger partial charge in [-0.1, -0.05) is 0 Å². The lowest BCUT2D eigenvalue weighted by Crippen LogP contribution is -2.41. The molecule has 0 amide bonds. The predicted octanol–water partition coefficient (Wildman–Crippen LogP) is 2.44. The number of rotatable bonds is 2. The second-order valence-electron chi connectivity index (χ2n) is 6.30. The molecule has 1 saturated heterocycles. The number of hydrogen-bond donors (Lipinski definition) is 0. The summed E-state index contributed by atoms with van der Waals surface area (Å²) in [6, 6.07) is 7.82. The molecular formula is C16H19BN2O2. The number of hydrogen-bond acceptors (Lipinski definition) is 4. The first-order chi connectivity index (χ1) is 9.89. The van der Waals surface area contributed by atoms with E-state index in [4.69, 9.17) is 9.31 Å². The Hall–Kier alpha value is -1.72. The largest absolute Gasteiger partial charge is 0.494 e. The smallest absolute Gasteiger partial charge is 0.399 e. The summed E-state index contributed by atoms with van der Waals surface area (Å²) in [6.07, 6.45) is 5.33. The highest BCUT2D eigenvalue weighted by atomic mass is 16.7. The maximum atomic E-state index is 6.08. The second-order valence-corrected chi connectivity index (χ2v) is 6.30. The highest BCUT2D eigenvalue weighted by Gasteiger charge is 2.51. The summed E-state index contributed by atoms with van der Waals surface area (Å²) >= 11 is 0. The fraction of sp³-hybridized carbons (Fsp3) is 0.375. The van der Waals surface area contributed by atoms with Crippen molar-refractivity contribution in [3.8, 4) is 11.3 Å². The van der Waals surface area contributed by atoms with E-state index in [1.165, 1.54) is 0 Å². The van der Waals surface area contributed by atoms with Crippen LogP contribution in [0.1, 0.15) is 27.7 Å². The first-order valence-corrected chi connectivity index (χ1v) is 7.11. The maximum Gasteiger partial charge on any atom is 0.494 e. The van der Waals surface area contributed by atoms with Gasteiger partial charge in [0.2, 0.25) is 0 Å². The molecule has 0 bridgehead atoms. The fourth-order valence-corrected chi connectivity index (χ4v) is 2.24. The molecule has 0 spiro atoms. The van der Waals surface area contributed by atoms with Gasteiger partial charge in [0.1, 0.15) is 0 Å². The van der Waals surface area contributed by atoms with Crippen LogP contribution in [0.5, 0.6) is 0 Å². The van der Waals surface area contributed by atoms with Crippen molar-refractivity contribution in [2.24, 2.45) is 0 Å². The molecule has 0 unspecified atom stereocenters. The van der Waals surface area contributed by atoms with Gasteiger partial charge in [0, 0.05) is 24.2 Å². The van der Waals surface area contributed by atoms with E-state index in [2.05, 4.69) is 37.7 Å². The highest BCUT2D eigenvalue weighted by Crippen LogP contribution is 2.36. The van der Waals surface area contributed by atoms with E-state index in [0.717, 1.165) is 16.7 Å². The Labute approximate surface area is 125 Å². The van der Waals surface area contributed by atoms with Gasteiger partial charge in [-0.25, -0.2) is 0 Å². The van der Waals surface area contributed by atoms with Crippen LogP contribution in [-0.2, 0) is 9.31 Å². The Morgan fingerprint density at radius 3 is 2.33 bits per heavy atom. The lowest BCUT2D eigenvalue weighted by molar-refractivity contribution is 0.00578. The zero-order valence-electron chi connectivity index (χ0n) is 12.8. The Morgan fingerprint density at radius 1 is 1.00 bits per heavy atom. The van der Waals surface area contributed by atoms with E-state index in [1.807, 2.05) is 24.3 Å². The number of pyridine rings is 2. The van der Waals surface area contributed by atoms with E-state index < -0.39 is 0 Å². The predicted molar refractivity (Wildman–Crippen MR) is 83.2 cm³/mol. The zero-order valence-corrected chi connectivity index (χ0v) is 12.8. The lowest BCUT2D eigenvalue weighted by Gasteiger charge is -2.32. The third-order valence-electron chi connectivity index (χ3n) is 4.27. The molecule has 0 atom stereocenters. The molecule has 21 heavy (non-hydrogen) atoms. The summed E-state index contributed by atoms with van der Waals surface area (Å²) in [5.41, 5.74) is 2.15. The average Bonchev–Trinajstić information content (AvgIpc) is 2.69. The molecule has 4 nitrogen and oxygen atoms in total. The molecule has 1 aliphatic heterocycles. The van der Waals surface area contributed by atoms with Crippen molar-refractivity contribution < 1.29 is 9.31 Å². The van der Waals surface area contributed by atoms with Crippen molar-refractivity contribution in [2.75, 3.05) is 0 Å². The summed E-state index contributed by atoms with van der Waals surface area (Å²) in [6.45, 7) is 8.21. The Bertz CT molecular complexity index is 628. The Morgan fingerprint density at radius 2 is 1.71 bits per heavy atom. The van der Waals surface area contributed by atoms with Crippen molar-refractivity contribution in [2.45, 2.75) is 38.9 Å². The van der Waals surface area contributed by atoms with Crippen molar-refractivity contribution in [3.63, 3.8) is 0 Å². The summed E-state index contributed by atoms with van der Waals surface area (Å²) in [5, 5.41) is 0. The van der Waals surface area contributed by atoms with Crippen LogP contribution in [0, 0.1) is 0 Å². The van der Waals surface area contributed by atoms with Crippen molar-refractivity contribution >= 4 is 12.6 Å². The fourth-order valence-electron chi connectivity index (χ4n) is 2.24. The SMILES string of the molecule is CC1(C)OB(c2ccnc(-c3cccnc3)c2)OC1(C)C. The average molecular weight is 282 g/mol. The summed E-state index contributed by atoms with van der Waals surface area (Å²) < 4.78 is 12.2. The van der Waals surface area contributed by atoms with Crippen LogP contribution in [0.25, 0.3) is 11.3 Å². The van der Waals surface area contributed by atoms with Crippen molar-refractivity contribution in [1.82, 2.24) is 9.97 Å². The maximum absolute atomic E-state index is 6.08. The Kier molecular flexibility index (Phi) is 3.34. The third-order valence-corrected chi connectivity index (χ3v) is 4.27. The van der Waals surface area contributed by atoms with E-state index in [1.54, 1.807) is 18.6 Å². The third kappa shape index (κ3) is 2.59. The molecule has 108 valence electrons. The molecule has 0 radical (unpaired) electrons. The normalized spacial score (nSPS) is 19.7. The van der Waals surface area contributed by atoms with Gasteiger partial charge in [-0.15, -0.1) is 0 Å². The lowest BCUT2D eigenvalue weighted by atomic mass is 9.79. The van der Waals surface area contributed by atoms with Crippen LogP contribution in [0.3, 0.4) is 0 Å². The van der Waals surface area contributed by atoms with Crippen LogP contribution >= 0.6 is 0 Å². The standard InChI is InChI=1S/C16H19BN2O2/c1-15(2)16(3,4)21-17(20-15)13-7-9-19-14(10-13)12-6-5-8-18-11-12/h5-11H,1-4H3. The van der Waals surface area contributed by atoms with E-state index in [9.17, 15) is 0 Å². The molecule has 3 heterocycles. The molecule has 3 rings (SSSR count).